The van der Waals surface area contributed by atoms with Gasteiger partial charge in [-0.2, -0.15) is 0 Å². The Bertz CT molecular complexity index is 186. The monoisotopic (exact) mass is 186 g/mol. The minimum absolute atomic E-state index is 0.461. The van der Waals surface area contributed by atoms with Crippen LogP contribution in [-0.4, -0.2) is 55.2 Å². The summed E-state index contributed by atoms with van der Waals surface area (Å²) in [7, 11) is 4.22. The molecule has 2 aliphatic heterocycles. The van der Waals surface area contributed by atoms with Crippen LogP contribution < -0.4 is 0 Å². The fraction of sp³-hybridized carbons (Fsp3) is 1.00. The zero-order valence-corrected chi connectivity index (χ0v) is 8.54. The molecule has 2 fully saturated rings. The minimum atomic E-state index is -0.594. The molecular formula is C10H19FN2. The summed E-state index contributed by atoms with van der Waals surface area (Å²) in [5.41, 5.74) is 0. The molecule has 76 valence electrons. The number of nitrogens with zero attached hydrogens (tertiary/aromatic N) is 2. The fourth-order valence-electron chi connectivity index (χ4n) is 2.84. The van der Waals surface area contributed by atoms with Crippen LogP contribution in [0, 0.1) is 0 Å². The normalized spacial score (nSPS) is 43.2. The van der Waals surface area contributed by atoms with Crippen molar-refractivity contribution in [2.24, 2.45) is 0 Å². The fourth-order valence-corrected chi connectivity index (χ4v) is 2.84. The molecule has 2 nitrogen and oxygen atoms in total. The van der Waals surface area contributed by atoms with Gasteiger partial charge in [-0.05, 0) is 39.9 Å². The van der Waals surface area contributed by atoms with E-state index in [0.717, 1.165) is 6.42 Å². The van der Waals surface area contributed by atoms with Crippen LogP contribution in [0.2, 0.25) is 0 Å². The van der Waals surface area contributed by atoms with E-state index < -0.39 is 6.17 Å². The first-order chi connectivity index (χ1) is 6.18. The van der Waals surface area contributed by atoms with Gasteiger partial charge in [-0.1, -0.05) is 0 Å². The highest BCUT2D eigenvalue weighted by Gasteiger charge is 2.38. The maximum atomic E-state index is 13.1. The molecule has 3 atom stereocenters. The van der Waals surface area contributed by atoms with E-state index in [0.29, 0.717) is 18.6 Å². The standard InChI is InChI=1S/C10H19FN2/c1-12-5-3-4-9(12)10-6-8(11)7-13(10)2/h8-10H,3-7H2,1-2H3/t8-,9?,10?/m1/s1. The third-order valence-electron chi connectivity index (χ3n) is 3.57. The van der Waals surface area contributed by atoms with Crippen LogP contribution in [0.4, 0.5) is 4.39 Å². The molecular weight excluding hydrogens is 167 g/mol. The highest BCUT2D eigenvalue weighted by molar-refractivity contribution is 4.94. The van der Waals surface area contributed by atoms with E-state index in [1.807, 2.05) is 0 Å². The van der Waals surface area contributed by atoms with Crippen LogP contribution >= 0.6 is 0 Å². The van der Waals surface area contributed by atoms with Gasteiger partial charge in [0.15, 0.2) is 0 Å². The van der Waals surface area contributed by atoms with E-state index in [4.69, 9.17) is 0 Å². The van der Waals surface area contributed by atoms with E-state index >= 15 is 0 Å². The molecule has 0 saturated carbocycles. The van der Waals surface area contributed by atoms with Gasteiger partial charge < -0.3 is 4.90 Å². The number of likely N-dealkylation sites (tertiary alicyclic amines) is 2. The SMILES string of the molecule is CN1CCCC1C1C[C@@H](F)CN1C. The van der Waals surface area contributed by atoms with E-state index in [-0.39, 0.29) is 0 Å². The van der Waals surface area contributed by atoms with Crippen molar-refractivity contribution in [1.29, 1.82) is 0 Å². The molecule has 2 saturated heterocycles. The first-order valence-corrected chi connectivity index (χ1v) is 5.23. The van der Waals surface area contributed by atoms with Crippen LogP contribution in [0.15, 0.2) is 0 Å². The molecule has 0 spiro atoms. The van der Waals surface area contributed by atoms with Gasteiger partial charge in [-0.3, -0.25) is 4.90 Å². The Kier molecular flexibility index (Phi) is 2.56. The molecule has 0 aromatic heterocycles. The van der Waals surface area contributed by atoms with Crippen molar-refractivity contribution in [2.75, 3.05) is 27.2 Å². The van der Waals surface area contributed by atoms with E-state index in [1.165, 1.54) is 19.4 Å². The van der Waals surface area contributed by atoms with Gasteiger partial charge in [0.05, 0.1) is 0 Å². The van der Waals surface area contributed by atoms with Gasteiger partial charge in [0, 0.05) is 18.6 Å². The summed E-state index contributed by atoms with van der Waals surface area (Å²) in [5.74, 6) is 0. The van der Waals surface area contributed by atoms with Crippen molar-refractivity contribution in [3.63, 3.8) is 0 Å². The minimum Gasteiger partial charge on any atom is -0.302 e. The Balaban J connectivity index is 1.99. The van der Waals surface area contributed by atoms with E-state index in [9.17, 15) is 4.39 Å². The smallest absolute Gasteiger partial charge is 0.114 e. The number of likely N-dealkylation sites (N-methyl/N-ethyl adjacent to an activating group) is 2. The molecule has 0 amide bonds. The number of halogens is 1. The summed E-state index contributed by atoms with van der Waals surface area (Å²) in [6, 6.07) is 1.06. The zero-order valence-electron chi connectivity index (χ0n) is 8.54. The predicted molar refractivity (Wildman–Crippen MR) is 51.6 cm³/mol. The van der Waals surface area contributed by atoms with Crippen molar-refractivity contribution >= 4 is 0 Å². The van der Waals surface area contributed by atoms with Gasteiger partial charge in [-0.25, -0.2) is 4.39 Å². The lowest BCUT2D eigenvalue weighted by molar-refractivity contribution is 0.176. The van der Waals surface area contributed by atoms with Crippen molar-refractivity contribution < 1.29 is 4.39 Å². The first kappa shape index (κ1) is 9.41. The van der Waals surface area contributed by atoms with Crippen LogP contribution in [0.5, 0.6) is 0 Å². The van der Waals surface area contributed by atoms with Gasteiger partial charge in [0.25, 0.3) is 0 Å². The Labute approximate surface area is 79.7 Å². The molecule has 0 aromatic rings. The summed E-state index contributed by atoms with van der Waals surface area (Å²) in [5, 5.41) is 0. The topological polar surface area (TPSA) is 6.48 Å². The Morgan fingerprint density at radius 1 is 1.15 bits per heavy atom. The highest BCUT2D eigenvalue weighted by Crippen LogP contribution is 2.28. The van der Waals surface area contributed by atoms with Crippen molar-refractivity contribution in [2.45, 2.75) is 37.5 Å². The zero-order chi connectivity index (χ0) is 9.42. The third-order valence-corrected chi connectivity index (χ3v) is 3.57. The predicted octanol–water partition coefficient (Wildman–Crippen LogP) is 1.12. The van der Waals surface area contributed by atoms with Crippen LogP contribution in [0.25, 0.3) is 0 Å². The Hall–Kier alpha value is -0.150. The molecule has 2 unspecified atom stereocenters. The number of alkyl halides is 1. The van der Waals surface area contributed by atoms with Gasteiger partial charge in [0.1, 0.15) is 6.17 Å². The lowest BCUT2D eigenvalue weighted by Crippen LogP contribution is -2.42. The second-order valence-electron chi connectivity index (χ2n) is 4.53. The Morgan fingerprint density at radius 2 is 1.92 bits per heavy atom. The highest BCUT2D eigenvalue weighted by atomic mass is 19.1. The second kappa shape index (κ2) is 3.54. The molecule has 0 radical (unpaired) electrons. The van der Waals surface area contributed by atoms with Gasteiger partial charge in [0.2, 0.25) is 0 Å². The molecule has 0 aromatic carbocycles. The summed E-state index contributed by atoms with van der Waals surface area (Å²) in [6.45, 7) is 1.82. The van der Waals surface area contributed by atoms with Gasteiger partial charge >= 0.3 is 0 Å². The summed E-state index contributed by atoms with van der Waals surface area (Å²) < 4.78 is 13.1. The van der Waals surface area contributed by atoms with Crippen molar-refractivity contribution in [3.8, 4) is 0 Å². The Morgan fingerprint density at radius 3 is 2.38 bits per heavy atom. The first-order valence-electron chi connectivity index (χ1n) is 5.23. The van der Waals surface area contributed by atoms with Crippen LogP contribution in [0.3, 0.4) is 0 Å². The van der Waals surface area contributed by atoms with Gasteiger partial charge in [-0.15, -0.1) is 0 Å². The third kappa shape index (κ3) is 1.72. The molecule has 2 heterocycles. The van der Waals surface area contributed by atoms with E-state index in [2.05, 4.69) is 23.9 Å². The summed E-state index contributed by atoms with van der Waals surface area (Å²) in [4.78, 5) is 4.58. The molecule has 0 bridgehead atoms. The lowest BCUT2D eigenvalue weighted by atomic mass is 10.0. The molecule has 3 heteroatoms. The molecule has 0 aliphatic carbocycles. The van der Waals surface area contributed by atoms with Crippen LogP contribution in [-0.2, 0) is 0 Å². The van der Waals surface area contributed by atoms with Crippen molar-refractivity contribution in [1.82, 2.24) is 9.80 Å². The summed E-state index contributed by atoms with van der Waals surface area (Å²) in [6.07, 6.45) is 2.68. The number of rotatable bonds is 1. The second-order valence-corrected chi connectivity index (χ2v) is 4.53. The average Bonchev–Trinajstić information content (AvgIpc) is 2.58. The molecule has 2 rings (SSSR count). The molecule has 0 N–H and O–H groups in total. The summed E-state index contributed by atoms with van der Waals surface area (Å²) >= 11 is 0. The number of hydrogen-bond donors (Lipinski definition) is 0. The van der Waals surface area contributed by atoms with E-state index in [1.54, 1.807) is 0 Å². The maximum absolute atomic E-state index is 13.1. The average molecular weight is 186 g/mol. The van der Waals surface area contributed by atoms with Crippen LogP contribution in [0.1, 0.15) is 19.3 Å². The largest absolute Gasteiger partial charge is 0.302 e. The lowest BCUT2D eigenvalue weighted by Gasteiger charge is -2.30. The molecule has 2 aliphatic rings. The quantitative estimate of drug-likeness (QED) is 0.605. The molecule has 13 heavy (non-hydrogen) atoms. The maximum Gasteiger partial charge on any atom is 0.114 e. The number of hydrogen-bond acceptors (Lipinski definition) is 2. The van der Waals surface area contributed by atoms with Crippen molar-refractivity contribution in [3.05, 3.63) is 0 Å².